The Balaban J connectivity index is 1.69. The molecule has 0 atom stereocenters. The van der Waals surface area contributed by atoms with Crippen molar-refractivity contribution >= 4 is 22.4 Å². The molecular weight excluding hydrogens is 338 g/mol. The molecule has 128 valence electrons. The Morgan fingerprint density at radius 3 is 2.76 bits per heavy atom. The van der Waals surface area contributed by atoms with Crippen molar-refractivity contribution in [1.82, 2.24) is 9.55 Å². The molecule has 1 amide bonds. The van der Waals surface area contributed by atoms with E-state index in [4.69, 9.17) is 4.74 Å². The summed E-state index contributed by atoms with van der Waals surface area (Å²) in [5.41, 5.74) is 2.14. The average molecular weight is 355 g/mol. The zero-order valence-electron chi connectivity index (χ0n) is 13.9. The van der Waals surface area contributed by atoms with Crippen molar-refractivity contribution in [3.63, 3.8) is 0 Å². The van der Waals surface area contributed by atoms with Gasteiger partial charge in [-0.25, -0.2) is 4.98 Å². The molecule has 0 aliphatic heterocycles. The van der Waals surface area contributed by atoms with E-state index in [1.807, 2.05) is 29.6 Å². The summed E-state index contributed by atoms with van der Waals surface area (Å²) in [5, 5.41) is 5.10. The highest BCUT2D eigenvalue weighted by atomic mass is 32.1. The fraction of sp³-hybridized carbons (Fsp3) is 0.167. The van der Waals surface area contributed by atoms with Crippen LogP contribution in [0.4, 0.5) is 5.13 Å². The molecule has 0 saturated carbocycles. The van der Waals surface area contributed by atoms with Gasteiger partial charge < -0.3 is 14.6 Å². The van der Waals surface area contributed by atoms with Crippen LogP contribution in [-0.2, 0) is 11.3 Å². The van der Waals surface area contributed by atoms with E-state index < -0.39 is 0 Å². The van der Waals surface area contributed by atoms with Crippen molar-refractivity contribution in [2.24, 2.45) is 0 Å². The summed E-state index contributed by atoms with van der Waals surface area (Å²) < 4.78 is 6.51. The van der Waals surface area contributed by atoms with Gasteiger partial charge in [-0.3, -0.25) is 9.59 Å². The maximum Gasteiger partial charge on any atom is 0.253 e. The first-order chi connectivity index (χ1) is 12.1. The SMILES string of the molecule is COc1ccc(-c2csc(NC(=O)Cn3cccc(C)c3=O)n2)cc1. The largest absolute Gasteiger partial charge is 0.497 e. The molecule has 0 bridgehead atoms. The Bertz CT molecular complexity index is 945. The maximum atomic E-state index is 12.2. The Hall–Kier alpha value is -2.93. The van der Waals surface area contributed by atoms with Gasteiger partial charge in [0.25, 0.3) is 5.56 Å². The lowest BCUT2D eigenvalue weighted by molar-refractivity contribution is -0.116. The number of carbonyl (C=O) groups excluding carboxylic acids is 1. The zero-order chi connectivity index (χ0) is 17.8. The molecule has 0 fully saturated rings. The van der Waals surface area contributed by atoms with Gasteiger partial charge in [0.05, 0.1) is 12.8 Å². The highest BCUT2D eigenvalue weighted by molar-refractivity contribution is 7.14. The summed E-state index contributed by atoms with van der Waals surface area (Å²) in [7, 11) is 1.62. The normalized spacial score (nSPS) is 10.5. The Morgan fingerprint density at radius 2 is 2.04 bits per heavy atom. The predicted octanol–water partition coefficient (Wildman–Crippen LogP) is 2.93. The minimum Gasteiger partial charge on any atom is -0.497 e. The lowest BCUT2D eigenvalue weighted by Crippen LogP contribution is -2.28. The van der Waals surface area contributed by atoms with Gasteiger partial charge in [0, 0.05) is 22.7 Å². The van der Waals surface area contributed by atoms with Crippen LogP contribution in [0.3, 0.4) is 0 Å². The third kappa shape index (κ3) is 3.95. The van der Waals surface area contributed by atoms with Gasteiger partial charge in [-0.1, -0.05) is 6.07 Å². The second-order valence-corrected chi connectivity index (χ2v) is 6.30. The number of hydrogen-bond acceptors (Lipinski definition) is 5. The predicted molar refractivity (Wildman–Crippen MR) is 98.2 cm³/mol. The summed E-state index contributed by atoms with van der Waals surface area (Å²) >= 11 is 1.34. The van der Waals surface area contributed by atoms with Crippen molar-refractivity contribution in [1.29, 1.82) is 0 Å². The van der Waals surface area contributed by atoms with Gasteiger partial charge in [0.15, 0.2) is 5.13 Å². The number of aryl methyl sites for hydroxylation is 1. The third-order valence-electron chi connectivity index (χ3n) is 3.66. The summed E-state index contributed by atoms with van der Waals surface area (Å²) in [6.45, 7) is 1.68. The highest BCUT2D eigenvalue weighted by Crippen LogP contribution is 2.26. The van der Waals surface area contributed by atoms with Crippen molar-refractivity contribution in [3.8, 4) is 17.0 Å². The minimum atomic E-state index is -0.289. The van der Waals surface area contributed by atoms with E-state index in [2.05, 4.69) is 10.3 Å². The number of thiazole rings is 1. The van der Waals surface area contributed by atoms with Crippen LogP contribution < -0.4 is 15.6 Å². The van der Waals surface area contributed by atoms with Crippen LogP contribution in [0, 0.1) is 6.92 Å². The Morgan fingerprint density at radius 1 is 1.28 bits per heavy atom. The van der Waals surface area contributed by atoms with Crippen LogP contribution >= 0.6 is 11.3 Å². The number of aromatic nitrogens is 2. The van der Waals surface area contributed by atoms with E-state index in [1.165, 1.54) is 15.9 Å². The van der Waals surface area contributed by atoms with Gasteiger partial charge in [-0.15, -0.1) is 11.3 Å². The molecule has 2 heterocycles. The Labute approximate surface area is 148 Å². The standard InChI is InChI=1S/C18H17N3O3S/c1-12-4-3-9-21(17(12)23)10-16(22)20-18-19-15(11-25-18)13-5-7-14(24-2)8-6-13/h3-9,11H,10H2,1-2H3,(H,19,20,22). The first-order valence-corrected chi connectivity index (χ1v) is 8.50. The molecule has 7 heteroatoms. The molecule has 25 heavy (non-hydrogen) atoms. The van der Waals surface area contributed by atoms with E-state index in [0.717, 1.165) is 17.0 Å². The minimum absolute atomic E-state index is 0.0437. The number of rotatable bonds is 5. The van der Waals surface area contributed by atoms with Gasteiger partial charge in [0.2, 0.25) is 5.91 Å². The molecule has 0 aliphatic carbocycles. The summed E-state index contributed by atoms with van der Waals surface area (Å²) in [6.07, 6.45) is 1.60. The number of ether oxygens (including phenoxy) is 1. The number of benzene rings is 1. The third-order valence-corrected chi connectivity index (χ3v) is 4.42. The molecule has 1 N–H and O–H groups in total. The number of carbonyl (C=O) groups is 1. The summed E-state index contributed by atoms with van der Waals surface area (Å²) in [6, 6.07) is 11.0. The Kier molecular flexibility index (Phi) is 4.95. The smallest absolute Gasteiger partial charge is 0.253 e. The number of nitrogens with one attached hydrogen (secondary N) is 1. The first-order valence-electron chi connectivity index (χ1n) is 7.62. The molecule has 3 rings (SSSR count). The van der Waals surface area contributed by atoms with Crippen LogP contribution in [0.25, 0.3) is 11.3 Å². The lowest BCUT2D eigenvalue weighted by Gasteiger charge is -2.06. The van der Waals surface area contributed by atoms with Crippen LogP contribution in [0.1, 0.15) is 5.56 Å². The van der Waals surface area contributed by atoms with Crippen molar-refractivity contribution in [2.75, 3.05) is 12.4 Å². The molecule has 0 saturated heterocycles. The topological polar surface area (TPSA) is 73.2 Å². The van der Waals surface area contributed by atoms with E-state index >= 15 is 0 Å². The van der Waals surface area contributed by atoms with E-state index in [0.29, 0.717) is 10.7 Å². The fourth-order valence-corrected chi connectivity index (χ4v) is 3.06. The molecule has 0 aliphatic rings. The molecule has 0 unspecified atom stereocenters. The number of anilines is 1. The van der Waals surface area contributed by atoms with Crippen molar-refractivity contribution in [3.05, 3.63) is 63.9 Å². The molecule has 0 radical (unpaired) electrons. The lowest BCUT2D eigenvalue weighted by atomic mass is 10.2. The number of amides is 1. The average Bonchev–Trinajstić information content (AvgIpc) is 3.07. The van der Waals surface area contributed by atoms with Crippen LogP contribution in [0.2, 0.25) is 0 Å². The molecule has 1 aromatic carbocycles. The van der Waals surface area contributed by atoms with Gasteiger partial charge in [-0.2, -0.15) is 0 Å². The molecule has 3 aromatic rings. The highest BCUT2D eigenvalue weighted by Gasteiger charge is 2.10. The summed E-state index contributed by atoms with van der Waals surface area (Å²) in [5.74, 6) is 0.486. The van der Waals surface area contributed by atoms with E-state index in [1.54, 1.807) is 32.4 Å². The summed E-state index contributed by atoms with van der Waals surface area (Å²) in [4.78, 5) is 28.5. The number of pyridine rings is 1. The van der Waals surface area contributed by atoms with E-state index in [9.17, 15) is 9.59 Å². The van der Waals surface area contributed by atoms with Gasteiger partial charge >= 0.3 is 0 Å². The monoisotopic (exact) mass is 355 g/mol. The number of methoxy groups -OCH3 is 1. The van der Waals surface area contributed by atoms with E-state index in [-0.39, 0.29) is 18.0 Å². The second kappa shape index (κ2) is 7.31. The fourth-order valence-electron chi connectivity index (χ4n) is 2.32. The van der Waals surface area contributed by atoms with Crippen LogP contribution in [-0.4, -0.2) is 22.6 Å². The van der Waals surface area contributed by atoms with Crippen molar-refractivity contribution < 1.29 is 9.53 Å². The number of hydrogen-bond donors (Lipinski definition) is 1. The van der Waals surface area contributed by atoms with Gasteiger partial charge in [-0.05, 0) is 37.3 Å². The maximum absolute atomic E-state index is 12.2. The van der Waals surface area contributed by atoms with Crippen LogP contribution in [0.5, 0.6) is 5.75 Å². The zero-order valence-corrected chi connectivity index (χ0v) is 14.7. The second-order valence-electron chi connectivity index (χ2n) is 5.44. The first kappa shape index (κ1) is 16.9. The van der Waals surface area contributed by atoms with Crippen LogP contribution in [0.15, 0.2) is 52.8 Å². The molecular formula is C18H17N3O3S. The molecule has 6 nitrogen and oxygen atoms in total. The molecule has 2 aromatic heterocycles. The number of nitrogens with zero attached hydrogens (tertiary/aromatic N) is 2. The van der Waals surface area contributed by atoms with Gasteiger partial charge in [0.1, 0.15) is 12.3 Å². The van der Waals surface area contributed by atoms with Crippen molar-refractivity contribution in [2.45, 2.75) is 13.5 Å². The molecule has 0 spiro atoms. The quantitative estimate of drug-likeness (QED) is 0.764.